The molecule has 1 aromatic rings. The predicted octanol–water partition coefficient (Wildman–Crippen LogP) is 2.29. The highest BCUT2D eigenvalue weighted by Crippen LogP contribution is 2.31. The van der Waals surface area contributed by atoms with Crippen LogP contribution in [0.3, 0.4) is 0 Å². The van der Waals surface area contributed by atoms with Gasteiger partial charge in [-0.1, -0.05) is 17.7 Å². The van der Waals surface area contributed by atoms with Crippen LogP contribution >= 0.6 is 11.6 Å². The molecule has 21 heavy (non-hydrogen) atoms. The first kappa shape index (κ1) is 14.7. The molecule has 0 spiro atoms. The smallest absolute Gasteiger partial charge is 0.254 e. The maximum atomic E-state index is 12.5. The Bertz CT molecular complexity index is 521. The SMILES string of the molecule is O=C(N1CCN(c2cccc(Cl)c2)CC1)C1(O)CCCC1. The number of aliphatic hydroxyl groups is 1. The van der Waals surface area contributed by atoms with Crippen molar-refractivity contribution in [2.45, 2.75) is 31.3 Å². The van der Waals surface area contributed by atoms with Crippen molar-refractivity contribution in [2.24, 2.45) is 0 Å². The first-order valence-electron chi connectivity index (χ1n) is 7.61. The third kappa shape index (κ3) is 3.01. The molecule has 4 nitrogen and oxygen atoms in total. The second kappa shape index (κ2) is 5.85. The van der Waals surface area contributed by atoms with Gasteiger partial charge in [-0.15, -0.1) is 0 Å². The van der Waals surface area contributed by atoms with Gasteiger partial charge in [-0.25, -0.2) is 0 Å². The topological polar surface area (TPSA) is 43.8 Å². The van der Waals surface area contributed by atoms with Gasteiger partial charge in [0.15, 0.2) is 0 Å². The number of anilines is 1. The lowest BCUT2D eigenvalue weighted by Crippen LogP contribution is -2.55. The third-order valence-corrected chi connectivity index (χ3v) is 4.80. The molecule has 1 saturated heterocycles. The third-order valence-electron chi connectivity index (χ3n) is 4.57. The number of piperazine rings is 1. The summed E-state index contributed by atoms with van der Waals surface area (Å²) >= 11 is 6.02. The number of amides is 1. The predicted molar refractivity (Wildman–Crippen MR) is 83.7 cm³/mol. The van der Waals surface area contributed by atoms with Gasteiger partial charge in [0, 0.05) is 36.9 Å². The number of halogens is 1. The molecule has 5 heteroatoms. The van der Waals surface area contributed by atoms with E-state index in [0.717, 1.165) is 36.6 Å². The van der Waals surface area contributed by atoms with Gasteiger partial charge in [-0.2, -0.15) is 0 Å². The molecule has 1 saturated carbocycles. The van der Waals surface area contributed by atoms with Crippen molar-refractivity contribution in [3.05, 3.63) is 29.3 Å². The van der Waals surface area contributed by atoms with Gasteiger partial charge in [0.05, 0.1) is 0 Å². The van der Waals surface area contributed by atoms with Crippen LogP contribution in [-0.2, 0) is 4.79 Å². The molecule has 0 unspecified atom stereocenters. The number of carbonyl (C=O) groups excluding carboxylic acids is 1. The van der Waals surface area contributed by atoms with Crippen molar-refractivity contribution in [3.8, 4) is 0 Å². The average molecular weight is 309 g/mol. The van der Waals surface area contributed by atoms with Crippen LogP contribution in [0, 0.1) is 0 Å². The van der Waals surface area contributed by atoms with Gasteiger partial charge in [-0.3, -0.25) is 4.79 Å². The van der Waals surface area contributed by atoms with E-state index in [-0.39, 0.29) is 5.91 Å². The minimum absolute atomic E-state index is 0.0780. The normalized spacial score (nSPS) is 21.6. The number of rotatable bonds is 2. The highest BCUT2D eigenvalue weighted by Gasteiger charge is 2.42. The molecular formula is C16H21ClN2O2. The molecule has 2 aliphatic rings. The van der Waals surface area contributed by atoms with E-state index >= 15 is 0 Å². The van der Waals surface area contributed by atoms with Crippen LogP contribution in [0.1, 0.15) is 25.7 Å². The lowest BCUT2D eigenvalue weighted by molar-refractivity contribution is -0.151. The Labute approximate surface area is 130 Å². The van der Waals surface area contributed by atoms with Crippen LogP contribution in [0.25, 0.3) is 0 Å². The number of hydrogen-bond donors (Lipinski definition) is 1. The summed E-state index contributed by atoms with van der Waals surface area (Å²) in [6.45, 7) is 2.88. The molecule has 1 aromatic carbocycles. The monoisotopic (exact) mass is 308 g/mol. The van der Waals surface area contributed by atoms with Gasteiger partial charge in [0.25, 0.3) is 5.91 Å². The van der Waals surface area contributed by atoms with E-state index in [4.69, 9.17) is 11.6 Å². The van der Waals surface area contributed by atoms with E-state index in [1.54, 1.807) is 0 Å². The van der Waals surface area contributed by atoms with Crippen molar-refractivity contribution in [2.75, 3.05) is 31.1 Å². The van der Waals surface area contributed by atoms with E-state index in [0.29, 0.717) is 25.9 Å². The summed E-state index contributed by atoms with van der Waals surface area (Å²) in [5.74, 6) is -0.0780. The fourth-order valence-corrected chi connectivity index (χ4v) is 3.49. The first-order valence-corrected chi connectivity index (χ1v) is 7.99. The zero-order valence-corrected chi connectivity index (χ0v) is 12.9. The molecule has 1 aliphatic carbocycles. The molecule has 3 rings (SSSR count). The maximum Gasteiger partial charge on any atom is 0.254 e. The van der Waals surface area contributed by atoms with Gasteiger partial charge in [0.1, 0.15) is 5.60 Å². The molecule has 0 aromatic heterocycles. The molecule has 114 valence electrons. The van der Waals surface area contributed by atoms with Crippen molar-refractivity contribution in [1.82, 2.24) is 4.90 Å². The van der Waals surface area contributed by atoms with Crippen LogP contribution in [0.5, 0.6) is 0 Å². The fraction of sp³-hybridized carbons (Fsp3) is 0.562. The van der Waals surface area contributed by atoms with Crippen LogP contribution < -0.4 is 4.90 Å². The average Bonchev–Trinajstić information content (AvgIpc) is 2.95. The number of benzene rings is 1. The summed E-state index contributed by atoms with van der Waals surface area (Å²) < 4.78 is 0. The maximum absolute atomic E-state index is 12.5. The molecule has 0 atom stereocenters. The largest absolute Gasteiger partial charge is 0.380 e. The number of hydrogen-bond acceptors (Lipinski definition) is 3. The Morgan fingerprint density at radius 2 is 1.81 bits per heavy atom. The molecular weight excluding hydrogens is 288 g/mol. The summed E-state index contributed by atoms with van der Waals surface area (Å²) in [4.78, 5) is 16.5. The van der Waals surface area contributed by atoms with Crippen molar-refractivity contribution in [1.29, 1.82) is 0 Å². The van der Waals surface area contributed by atoms with Gasteiger partial charge in [0.2, 0.25) is 0 Å². The number of nitrogens with zero attached hydrogens (tertiary/aromatic N) is 2. The first-order chi connectivity index (χ1) is 10.1. The Morgan fingerprint density at radius 3 is 2.43 bits per heavy atom. The summed E-state index contributed by atoms with van der Waals surface area (Å²) in [5, 5.41) is 11.1. The molecule has 2 fully saturated rings. The van der Waals surface area contributed by atoms with E-state index < -0.39 is 5.60 Å². The van der Waals surface area contributed by atoms with E-state index in [1.165, 1.54) is 0 Å². The molecule has 1 heterocycles. The minimum atomic E-state index is -1.10. The quantitative estimate of drug-likeness (QED) is 0.911. The van der Waals surface area contributed by atoms with Gasteiger partial charge >= 0.3 is 0 Å². The van der Waals surface area contributed by atoms with Crippen LogP contribution in [0.4, 0.5) is 5.69 Å². The summed E-state index contributed by atoms with van der Waals surface area (Å²) in [5.41, 5.74) is -0.00715. The lowest BCUT2D eigenvalue weighted by atomic mass is 10.00. The Morgan fingerprint density at radius 1 is 1.14 bits per heavy atom. The van der Waals surface area contributed by atoms with Crippen molar-refractivity contribution < 1.29 is 9.90 Å². The Hall–Kier alpha value is -1.26. The van der Waals surface area contributed by atoms with Crippen LogP contribution in [0.15, 0.2) is 24.3 Å². The zero-order chi connectivity index (χ0) is 14.9. The number of carbonyl (C=O) groups is 1. The van der Waals surface area contributed by atoms with Gasteiger partial charge in [-0.05, 0) is 43.9 Å². The molecule has 1 aliphatic heterocycles. The lowest BCUT2D eigenvalue weighted by Gasteiger charge is -2.39. The molecule has 1 N–H and O–H groups in total. The standard InChI is InChI=1S/C16H21ClN2O2/c17-13-4-3-5-14(12-13)18-8-10-19(11-9-18)15(20)16(21)6-1-2-7-16/h3-5,12,21H,1-2,6-11H2. The Kier molecular flexibility index (Phi) is 4.09. The summed E-state index contributed by atoms with van der Waals surface area (Å²) in [6.07, 6.45) is 3.12. The molecule has 0 bridgehead atoms. The van der Waals surface area contributed by atoms with E-state index in [9.17, 15) is 9.90 Å². The highest BCUT2D eigenvalue weighted by molar-refractivity contribution is 6.30. The second-order valence-electron chi connectivity index (χ2n) is 6.00. The Balaban J connectivity index is 1.61. The van der Waals surface area contributed by atoms with Gasteiger partial charge < -0.3 is 14.9 Å². The van der Waals surface area contributed by atoms with Crippen LogP contribution in [-0.4, -0.2) is 47.7 Å². The van der Waals surface area contributed by atoms with E-state index in [2.05, 4.69) is 4.90 Å². The second-order valence-corrected chi connectivity index (χ2v) is 6.43. The van der Waals surface area contributed by atoms with Crippen molar-refractivity contribution >= 4 is 23.2 Å². The van der Waals surface area contributed by atoms with E-state index in [1.807, 2.05) is 29.2 Å². The minimum Gasteiger partial charge on any atom is -0.380 e. The molecule has 1 amide bonds. The fourth-order valence-electron chi connectivity index (χ4n) is 3.31. The van der Waals surface area contributed by atoms with Crippen molar-refractivity contribution in [3.63, 3.8) is 0 Å². The zero-order valence-electron chi connectivity index (χ0n) is 12.1. The summed E-state index contributed by atoms with van der Waals surface area (Å²) in [7, 11) is 0. The molecule has 0 radical (unpaired) electrons. The highest BCUT2D eigenvalue weighted by atomic mass is 35.5. The summed E-state index contributed by atoms with van der Waals surface area (Å²) in [6, 6.07) is 7.79. The van der Waals surface area contributed by atoms with Crippen LogP contribution in [0.2, 0.25) is 5.02 Å².